The fraction of sp³-hybridized carbons (Fsp3) is 0.500. The molecule has 4 rings (SSSR count). The normalized spacial score (nSPS) is 16.6. The maximum atomic E-state index is 12.8. The summed E-state index contributed by atoms with van der Waals surface area (Å²) in [5.74, 6) is 0.898. The molecule has 1 atom stereocenters. The van der Waals surface area contributed by atoms with Gasteiger partial charge in [0, 0.05) is 17.9 Å². The van der Waals surface area contributed by atoms with E-state index in [0.29, 0.717) is 11.8 Å². The Morgan fingerprint density at radius 1 is 1.26 bits per heavy atom. The van der Waals surface area contributed by atoms with E-state index < -0.39 is 21.1 Å². The molecule has 0 bridgehead atoms. The number of anilines is 1. The average Bonchev–Trinajstić information content (AvgIpc) is 3.26. The number of carbonyl (C=O) groups excluding carboxylic acids is 1. The molecule has 2 aromatic rings. The molecular formula is C22H27N5O3S. The van der Waals surface area contributed by atoms with Crippen LogP contribution in [0.25, 0.3) is 0 Å². The van der Waals surface area contributed by atoms with E-state index in [4.69, 9.17) is 0 Å². The standard InChI is InChI=1S/C22H27N5O3S/c1-13(2)27-12-17(11-23)21(25-27)31(29,30)26-22(28)24-20-18(14(3)15-7-8-15)10-9-16-5-4-6-19(16)20/h9-10,12-15H,4-8H2,1-3H3,(H2,24,26,28)/t14-/m0/s1. The van der Waals surface area contributed by atoms with Crippen LogP contribution in [0.15, 0.2) is 23.4 Å². The van der Waals surface area contributed by atoms with Crippen molar-refractivity contribution < 1.29 is 13.2 Å². The number of aryl methyl sites for hydroxylation is 1. The van der Waals surface area contributed by atoms with Crippen LogP contribution in [0.2, 0.25) is 0 Å². The molecule has 0 spiro atoms. The SMILES string of the molecule is CC(C)n1cc(C#N)c(S(=O)(=O)NC(=O)Nc2c([C@@H](C)C3CC3)ccc3c2CCC3)n1. The first-order chi connectivity index (χ1) is 14.7. The van der Waals surface area contributed by atoms with Crippen molar-refractivity contribution in [2.45, 2.75) is 69.9 Å². The predicted octanol–water partition coefficient (Wildman–Crippen LogP) is 3.85. The second kappa shape index (κ2) is 8.00. The Bertz CT molecular complexity index is 1170. The van der Waals surface area contributed by atoms with Crippen LogP contribution in [0.3, 0.4) is 0 Å². The topological polar surface area (TPSA) is 117 Å². The van der Waals surface area contributed by atoms with Gasteiger partial charge in [-0.2, -0.15) is 18.8 Å². The maximum absolute atomic E-state index is 12.8. The Balaban J connectivity index is 1.61. The molecule has 0 saturated heterocycles. The minimum Gasteiger partial charge on any atom is -0.307 e. The Kier molecular flexibility index (Phi) is 5.52. The van der Waals surface area contributed by atoms with E-state index in [2.05, 4.69) is 29.5 Å². The summed E-state index contributed by atoms with van der Waals surface area (Å²) in [5.41, 5.74) is 3.98. The Morgan fingerprint density at radius 3 is 2.65 bits per heavy atom. The van der Waals surface area contributed by atoms with Crippen LogP contribution in [-0.4, -0.2) is 24.2 Å². The highest BCUT2D eigenvalue weighted by molar-refractivity contribution is 7.90. The third-order valence-corrected chi connectivity index (χ3v) is 7.47. The summed E-state index contributed by atoms with van der Waals surface area (Å²) in [7, 11) is -4.30. The lowest BCUT2D eigenvalue weighted by molar-refractivity contribution is 0.256. The molecule has 9 heteroatoms. The van der Waals surface area contributed by atoms with Crippen molar-refractivity contribution in [3.63, 3.8) is 0 Å². The first-order valence-corrected chi connectivity index (χ1v) is 12.2. The molecule has 1 saturated carbocycles. The zero-order valence-electron chi connectivity index (χ0n) is 18.0. The lowest BCUT2D eigenvalue weighted by Crippen LogP contribution is -2.35. The van der Waals surface area contributed by atoms with E-state index in [0.717, 1.165) is 36.1 Å². The van der Waals surface area contributed by atoms with Gasteiger partial charge >= 0.3 is 6.03 Å². The molecule has 8 nitrogen and oxygen atoms in total. The maximum Gasteiger partial charge on any atom is 0.333 e. The third kappa shape index (κ3) is 4.17. The minimum absolute atomic E-state index is 0.0994. The van der Waals surface area contributed by atoms with Crippen LogP contribution in [-0.2, 0) is 22.9 Å². The molecule has 2 N–H and O–H groups in total. The second-order valence-electron chi connectivity index (χ2n) is 8.74. The van der Waals surface area contributed by atoms with Gasteiger partial charge in [0.25, 0.3) is 10.0 Å². The Labute approximate surface area is 182 Å². The number of carbonyl (C=O) groups is 1. The Hall–Kier alpha value is -2.86. The van der Waals surface area contributed by atoms with Gasteiger partial charge in [-0.1, -0.05) is 19.1 Å². The first-order valence-electron chi connectivity index (χ1n) is 10.7. The smallest absolute Gasteiger partial charge is 0.307 e. The summed E-state index contributed by atoms with van der Waals surface area (Å²) >= 11 is 0. The number of aromatic nitrogens is 2. The summed E-state index contributed by atoms with van der Waals surface area (Å²) in [4.78, 5) is 12.8. The highest BCUT2D eigenvalue weighted by atomic mass is 32.2. The molecular weight excluding hydrogens is 414 g/mol. The van der Waals surface area contributed by atoms with Crippen LogP contribution in [0.1, 0.15) is 74.2 Å². The zero-order valence-corrected chi connectivity index (χ0v) is 18.8. The number of hydrogen-bond acceptors (Lipinski definition) is 5. The van der Waals surface area contributed by atoms with Crippen LogP contribution in [0.5, 0.6) is 0 Å². The largest absolute Gasteiger partial charge is 0.333 e. The molecule has 0 aliphatic heterocycles. The van der Waals surface area contributed by atoms with Crippen LogP contribution >= 0.6 is 0 Å². The highest BCUT2D eigenvalue weighted by Gasteiger charge is 2.33. The summed E-state index contributed by atoms with van der Waals surface area (Å²) in [6, 6.07) is 5.08. The summed E-state index contributed by atoms with van der Waals surface area (Å²) in [6.45, 7) is 5.80. The molecule has 1 aromatic heterocycles. The fourth-order valence-corrected chi connectivity index (χ4v) is 5.27. The second-order valence-corrected chi connectivity index (χ2v) is 10.3. The van der Waals surface area contributed by atoms with E-state index in [9.17, 15) is 18.5 Å². The molecule has 2 aliphatic carbocycles. The quantitative estimate of drug-likeness (QED) is 0.706. The van der Waals surface area contributed by atoms with E-state index in [1.807, 2.05) is 24.6 Å². The molecule has 1 aromatic carbocycles. The number of hydrogen-bond donors (Lipinski definition) is 2. The van der Waals surface area contributed by atoms with Gasteiger partial charge in [-0.15, -0.1) is 0 Å². The minimum atomic E-state index is -4.30. The van der Waals surface area contributed by atoms with Gasteiger partial charge in [-0.25, -0.2) is 9.52 Å². The third-order valence-electron chi connectivity index (χ3n) is 6.20. The molecule has 2 amide bonds. The molecule has 0 unspecified atom stereocenters. The highest BCUT2D eigenvalue weighted by Crippen LogP contribution is 2.46. The van der Waals surface area contributed by atoms with Crippen molar-refractivity contribution in [3.8, 4) is 6.07 Å². The predicted molar refractivity (Wildman–Crippen MR) is 116 cm³/mol. The van der Waals surface area contributed by atoms with Gasteiger partial charge < -0.3 is 5.32 Å². The lowest BCUT2D eigenvalue weighted by atomic mass is 9.91. The van der Waals surface area contributed by atoms with Gasteiger partial charge in [0.2, 0.25) is 5.03 Å². The number of nitriles is 1. The van der Waals surface area contributed by atoms with Crippen molar-refractivity contribution in [3.05, 3.63) is 40.6 Å². The van der Waals surface area contributed by atoms with E-state index in [-0.39, 0.29) is 11.6 Å². The van der Waals surface area contributed by atoms with E-state index in [1.165, 1.54) is 29.3 Å². The van der Waals surface area contributed by atoms with Crippen LogP contribution in [0.4, 0.5) is 10.5 Å². The van der Waals surface area contributed by atoms with Gasteiger partial charge in [0.15, 0.2) is 0 Å². The number of rotatable bonds is 6. The van der Waals surface area contributed by atoms with Gasteiger partial charge in [0.05, 0.1) is 0 Å². The Morgan fingerprint density at radius 2 is 2.00 bits per heavy atom. The van der Waals surface area contributed by atoms with Crippen molar-refractivity contribution in [2.24, 2.45) is 5.92 Å². The fourth-order valence-electron chi connectivity index (χ4n) is 4.29. The molecule has 164 valence electrons. The van der Waals surface area contributed by atoms with Crippen LogP contribution in [0, 0.1) is 17.2 Å². The number of sulfonamides is 1. The van der Waals surface area contributed by atoms with Gasteiger partial charge in [-0.05, 0) is 74.5 Å². The van der Waals surface area contributed by atoms with E-state index in [1.54, 1.807) is 0 Å². The van der Waals surface area contributed by atoms with E-state index >= 15 is 0 Å². The molecule has 2 aliphatic rings. The van der Waals surface area contributed by atoms with Gasteiger partial charge in [-0.3, -0.25) is 4.68 Å². The van der Waals surface area contributed by atoms with Crippen LogP contribution < -0.4 is 10.0 Å². The lowest BCUT2D eigenvalue weighted by Gasteiger charge is -2.20. The number of fused-ring (bicyclic) bond motifs is 1. The number of benzene rings is 1. The zero-order chi connectivity index (χ0) is 22.3. The molecule has 0 radical (unpaired) electrons. The molecule has 1 heterocycles. The summed E-state index contributed by atoms with van der Waals surface area (Å²) in [5, 5.41) is 15.7. The van der Waals surface area contributed by atoms with Gasteiger partial charge in [0.1, 0.15) is 11.6 Å². The number of nitrogens with zero attached hydrogens (tertiary/aromatic N) is 3. The number of amides is 2. The van der Waals surface area contributed by atoms with Crippen molar-refractivity contribution in [1.29, 1.82) is 5.26 Å². The molecule has 1 fully saturated rings. The average molecular weight is 442 g/mol. The first kappa shape index (κ1) is 21.4. The summed E-state index contributed by atoms with van der Waals surface area (Å²) in [6.07, 6.45) is 6.56. The van der Waals surface area contributed by atoms with Crippen molar-refractivity contribution in [2.75, 3.05) is 5.32 Å². The molecule has 31 heavy (non-hydrogen) atoms. The van der Waals surface area contributed by atoms with Crippen molar-refractivity contribution >= 4 is 21.7 Å². The summed E-state index contributed by atoms with van der Waals surface area (Å²) < 4.78 is 29.1. The number of nitrogens with one attached hydrogen (secondary N) is 2. The monoisotopic (exact) mass is 441 g/mol. The number of urea groups is 1. The van der Waals surface area contributed by atoms with Crippen molar-refractivity contribution in [1.82, 2.24) is 14.5 Å².